The smallest absolute Gasteiger partial charge is 0.264 e. The van der Waals surface area contributed by atoms with E-state index in [2.05, 4.69) is 9.88 Å². The summed E-state index contributed by atoms with van der Waals surface area (Å²) in [5, 5.41) is 0.528. The molecule has 12 heteroatoms. The molecule has 0 saturated carbocycles. The molecule has 4 aromatic rings. The van der Waals surface area contributed by atoms with Crippen molar-refractivity contribution in [2.24, 2.45) is 0 Å². The van der Waals surface area contributed by atoms with E-state index in [-0.39, 0.29) is 17.2 Å². The molecule has 0 aliphatic carbocycles. The molecule has 0 radical (unpaired) electrons. The molecule has 0 saturated heterocycles. The van der Waals surface area contributed by atoms with E-state index in [0.717, 1.165) is 25.1 Å². The van der Waals surface area contributed by atoms with Gasteiger partial charge < -0.3 is 19.1 Å². The summed E-state index contributed by atoms with van der Waals surface area (Å²) in [5.74, 6) is -1.96. The van der Waals surface area contributed by atoms with Crippen LogP contribution in [-0.4, -0.2) is 52.7 Å². The van der Waals surface area contributed by atoms with Gasteiger partial charge in [-0.25, -0.2) is 21.6 Å². The number of hydrogen-bond acceptors (Lipinski definition) is 7. The molecule has 1 N–H and O–H groups in total. The first-order chi connectivity index (χ1) is 18.6. The van der Waals surface area contributed by atoms with Gasteiger partial charge in [-0.1, -0.05) is 0 Å². The first-order valence-electron chi connectivity index (χ1n) is 11.8. The summed E-state index contributed by atoms with van der Waals surface area (Å²) >= 11 is 0. The number of rotatable bonds is 11. The number of pyridine rings is 1. The second kappa shape index (κ2) is 11.8. The number of methoxy groups -OCH3 is 1. The Labute approximate surface area is 224 Å². The Morgan fingerprint density at radius 3 is 2.41 bits per heavy atom. The highest BCUT2D eigenvalue weighted by atomic mass is 32.2. The maximum atomic E-state index is 14.9. The van der Waals surface area contributed by atoms with Crippen molar-refractivity contribution in [1.82, 2.24) is 9.88 Å². The van der Waals surface area contributed by atoms with Gasteiger partial charge in [-0.05, 0) is 63.0 Å². The molecule has 1 aromatic heterocycles. The van der Waals surface area contributed by atoms with E-state index in [0.29, 0.717) is 41.1 Å². The van der Waals surface area contributed by atoms with Crippen LogP contribution >= 0.6 is 0 Å². The SMILES string of the molecule is COc1cc2c(Oc3ccc(NS(=O)(=O)c4cc(F)ccc4F)cc3F)ccnc2cc1OCCCN(C)C. The Morgan fingerprint density at radius 1 is 0.897 bits per heavy atom. The van der Waals surface area contributed by atoms with Crippen LogP contribution in [-0.2, 0) is 10.0 Å². The van der Waals surface area contributed by atoms with Crippen LogP contribution < -0.4 is 18.9 Å². The number of hydrogen-bond donors (Lipinski definition) is 1. The summed E-state index contributed by atoms with van der Waals surface area (Å²) in [6.45, 7) is 1.34. The first-order valence-corrected chi connectivity index (χ1v) is 13.3. The van der Waals surface area contributed by atoms with Crippen molar-refractivity contribution in [3.05, 3.63) is 78.2 Å². The van der Waals surface area contributed by atoms with Gasteiger partial charge in [0.15, 0.2) is 23.1 Å². The highest BCUT2D eigenvalue weighted by Crippen LogP contribution is 2.38. The van der Waals surface area contributed by atoms with Gasteiger partial charge in [0.25, 0.3) is 10.0 Å². The molecule has 0 spiro atoms. The normalized spacial score (nSPS) is 11.6. The van der Waals surface area contributed by atoms with Crippen molar-refractivity contribution in [2.45, 2.75) is 11.3 Å². The van der Waals surface area contributed by atoms with E-state index in [4.69, 9.17) is 14.2 Å². The van der Waals surface area contributed by atoms with Crippen molar-refractivity contribution in [3.63, 3.8) is 0 Å². The first kappa shape index (κ1) is 28.0. The van der Waals surface area contributed by atoms with E-state index in [1.54, 1.807) is 18.2 Å². The van der Waals surface area contributed by atoms with Crippen LogP contribution in [0.5, 0.6) is 23.0 Å². The van der Waals surface area contributed by atoms with E-state index in [1.165, 1.54) is 25.4 Å². The molecule has 3 aromatic carbocycles. The zero-order valence-electron chi connectivity index (χ0n) is 21.4. The number of aromatic nitrogens is 1. The quantitative estimate of drug-likeness (QED) is 0.239. The minimum Gasteiger partial charge on any atom is -0.493 e. The molecule has 8 nitrogen and oxygen atoms in total. The summed E-state index contributed by atoms with van der Waals surface area (Å²) in [7, 11) is 0.937. The van der Waals surface area contributed by atoms with Gasteiger partial charge in [-0.15, -0.1) is 0 Å². The fraction of sp³-hybridized carbons (Fsp3) is 0.222. The van der Waals surface area contributed by atoms with E-state index >= 15 is 0 Å². The van der Waals surface area contributed by atoms with Crippen molar-refractivity contribution in [3.8, 4) is 23.0 Å². The van der Waals surface area contributed by atoms with Gasteiger partial charge in [0.05, 0.1) is 24.9 Å². The molecule has 1 heterocycles. The van der Waals surface area contributed by atoms with Crippen LogP contribution in [0.3, 0.4) is 0 Å². The summed E-state index contributed by atoms with van der Waals surface area (Å²) in [6.07, 6.45) is 2.31. The average molecular weight is 562 g/mol. The molecule has 0 aliphatic rings. The number of fused-ring (bicyclic) bond motifs is 1. The Balaban J connectivity index is 1.56. The predicted molar refractivity (Wildman–Crippen MR) is 141 cm³/mol. The number of benzene rings is 3. The highest BCUT2D eigenvalue weighted by Gasteiger charge is 2.21. The van der Waals surface area contributed by atoms with Gasteiger partial charge >= 0.3 is 0 Å². The third kappa shape index (κ3) is 6.70. The van der Waals surface area contributed by atoms with E-state index in [1.807, 2.05) is 18.8 Å². The Kier molecular flexibility index (Phi) is 8.46. The number of halogens is 3. The molecule has 0 atom stereocenters. The Morgan fingerprint density at radius 2 is 1.69 bits per heavy atom. The maximum Gasteiger partial charge on any atom is 0.264 e. The summed E-state index contributed by atoms with van der Waals surface area (Å²) in [5.41, 5.74) is 0.318. The highest BCUT2D eigenvalue weighted by molar-refractivity contribution is 7.92. The Bertz CT molecular complexity index is 1600. The summed E-state index contributed by atoms with van der Waals surface area (Å²) < 4.78 is 86.5. The van der Waals surface area contributed by atoms with E-state index < -0.39 is 32.4 Å². The number of ether oxygens (including phenoxy) is 3. The van der Waals surface area contributed by atoms with Gasteiger partial charge in [0.2, 0.25) is 0 Å². The average Bonchev–Trinajstić information content (AvgIpc) is 2.88. The molecule has 0 amide bonds. The lowest BCUT2D eigenvalue weighted by Gasteiger charge is -2.15. The lowest BCUT2D eigenvalue weighted by atomic mass is 10.1. The van der Waals surface area contributed by atoms with Crippen LogP contribution in [0.15, 0.2) is 65.7 Å². The van der Waals surface area contributed by atoms with Crippen molar-refractivity contribution >= 4 is 26.6 Å². The second-order valence-electron chi connectivity index (χ2n) is 8.76. The van der Waals surface area contributed by atoms with E-state index in [9.17, 15) is 21.6 Å². The van der Waals surface area contributed by atoms with Crippen LogP contribution in [0.25, 0.3) is 10.9 Å². The minimum atomic E-state index is -4.52. The number of anilines is 1. The largest absolute Gasteiger partial charge is 0.493 e. The topological polar surface area (TPSA) is 90.0 Å². The zero-order chi connectivity index (χ0) is 28.2. The predicted octanol–water partition coefficient (Wildman–Crippen LogP) is 5.58. The van der Waals surface area contributed by atoms with Crippen molar-refractivity contribution in [2.75, 3.05) is 39.1 Å². The number of sulfonamides is 1. The fourth-order valence-corrected chi connectivity index (χ4v) is 4.85. The Hall–Kier alpha value is -4.03. The number of nitrogens with one attached hydrogen (secondary N) is 1. The maximum absolute atomic E-state index is 14.9. The fourth-order valence-electron chi connectivity index (χ4n) is 3.71. The van der Waals surface area contributed by atoms with Gasteiger partial charge in [0.1, 0.15) is 22.3 Å². The molecule has 0 aliphatic heterocycles. The van der Waals surface area contributed by atoms with Gasteiger partial charge in [0, 0.05) is 30.3 Å². The molecule has 39 heavy (non-hydrogen) atoms. The standard InChI is InChI=1S/C27H26F3N3O5S/c1-33(2)11-4-12-37-26-16-22-19(15-25(26)36-3)23(9-10-31-22)38-24-8-6-18(14-21(24)30)32-39(34,35)27-13-17(28)5-7-20(27)29/h5-10,13-16,32H,4,11-12H2,1-3H3. The third-order valence-corrected chi connectivity index (χ3v) is 6.98. The monoisotopic (exact) mass is 561 g/mol. The van der Waals surface area contributed by atoms with Crippen LogP contribution in [0, 0.1) is 17.5 Å². The zero-order valence-corrected chi connectivity index (χ0v) is 22.2. The van der Waals surface area contributed by atoms with Gasteiger partial charge in [-0.2, -0.15) is 0 Å². The molecule has 0 unspecified atom stereocenters. The van der Waals surface area contributed by atoms with Gasteiger partial charge in [-0.3, -0.25) is 9.71 Å². The molecule has 4 rings (SSSR count). The van der Waals surface area contributed by atoms with Crippen LogP contribution in [0.1, 0.15) is 6.42 Å². The lowest BCUT2D eigenvalue weighted by molar-refractivity contribution is 0.268. The van der Waals surface area contributed by atoms with Crippen LogP contribution in [0.4, 0.5) is 18.9 Å². The molecule has 0 bridgehead atoms. The minimum absolute atomic E-state index is 0.203. The summed E-state index contributed by atoms with van der Waals surface area (Å²) in [4.78, 5) is 5.49. The molecule has 206 valence electrons. The second-order valence-corrected chi connectivity index (χ2v) is 10.4. The van der Waals surface area contributed by atoms with Crippen molar-refractivity contribution < 1.29 is 35.8 Å². The van der Waals surface area contributed by atoms with Crippen LogP contribution in [0.2, 0.25) is 0 Å². The molecule has 0 fully saturated rings. The van der Waals surface area contributed by atoms with Crippen molar-refractivity contribution in [1.29, 1.82) is 0 Å². The third-order valence-electron chi connectivity index (χ3n) is 5.58. The lowest BCUT2D eigenvalue weighted by Crippen LogP contribution is -2.15. The molecular weight excluding hydrogens is 535 g/mol. The summed E-state index contributed by atoms with van der Waals surface area (Å²) in [6, 6.07) is 10.3. The molecular formula is C27H26F3N3O5S. The number of nitrogens with zero attached hydrogens (tertiary/aromatic N) is 2.